The summed E-state index contributed by atoms with van der Waals surface area (Å²) in [5.74, 6) is 0. The van der Waals surface area contributed by atoms with Crippen LogP contribution in [-0.4, -0.2) is 13.6 Å². The Kier molecular flexibility index (Phi) is 76500. The number of halogens is 2. The van der Waals surface area contributed by atoms with Crippen molar-refractivity contribution in [3.8, 4) is 0 Å². The van der Waals surface area contributed by atoms with Crippen molar-refractivity contribution < 1.29 is 9.59 Å². The normalized spacial score (nSPS) is 1.33. The highest BCUT2D eigenvalue weighted by Crippen LogP contribution is 0.691. The third kappa shape index (κ3) is 5220. The molecule has 0 aliphatic carbocycles. The van der Waals surface area contributed by atoms with Gasteiger partial charge in [-0.1, -0.05) is 0 Å². The molecule has 0 aromatic rings. The zero-order valence-electron chi connectivity index (χ0n) is 3.05. The quantitative estimate of drug-likeness (QED) is 0.481. The Balaban J connectivity index is -0.00000000500. The third-order valence-electron chi connectivity index (χ3n) is 0. The molecule has 2 nitrogen and oxygen atoms in total. The maximum Gasteiger partial charge on any atom is 0.106 e. The van der Waals surface area contributed by atoms with E-state index in [1.807, 2.05) is 13.6 Å². The molecule has 0 unspecified atom stereocenters. The van der Waals surface area contributed by atoms with Crippen LogP contribution >= 0.6 is 24.8 Å². The van der Waals surface area contributed by atoms with Crippen molar-refractivity contribution in [3.05, 3.63) is 0 Å². The van der Waals surface area contributed by atoms with Gasteiger partial charge in [-0.25, -0.2) is 0 Å². The summed E-state index contributed by atoms with van der Waals surface area (Å²) in [6, 6.07) is 0. The number of carbonyl (C=O) groups excluding carboxylic acids is 2. The van der Waals surface area contributed by atoms with E-state index in [1.54, 1.807) is 0 Å². The summed E-state index contributed by atoms with van der Waals surface area (Å²) < 4.78 is 0. The molecule has 0 fully saturated rings. The molecule has 0 rings (SSSR count). The number of carbonyl (C=O) groups is 2. The van der Waals surface area contributed by atoms with Crippen molar-refractivity contribution >= 4 is 38.4 Å². The minimum absolute atomic E-state index is 0. The molecule has 0 saturated carbocycles. The summed E-state index contributed by atoms with van der Waals surface area (Å²) >= 11 is 0. The second-order valence-electron chi connectivity index (χ2n) is 0. The van der Waals surface area contributed by atoms with E-state index < -0.39 is 0 Å². The first-order chi connectivity index (χ1) is 2.00. The second kappa shape index (κ2) is 11800. The van der Waals surface area contributed by atoms with E-state index in [9.17, 15) is 0 Å². The topological polar surface area (TPSA) is 34.1 Å². The predicted octanol–water partition coefficient (Wildman–Crippen LogP) is 0.474. The molecule has 0 aliphatic rings. The Bertz CT molecular complexity index is 11.5. The molecule has 4 heteroatoms. The van der Waals surface area contributed by atoms with E-state index in [0.29, 0.717) is 0 Å². The standard InChI is InChI=1S/2CH2O.2ClH/c2*1-2;;/h2*1H2;2*1H. The van der Waals surface area contributed by atoms with Gasteiger partial charge >= 0.3 is 0 Å². The molecule has 40 valence electrons. The van der Waals surface area contributed by atoms with E-state index >= 15 is 0 Å². The van der Waals surface area contributed by atoms with Crippen LogP contribution < -0.4 is 0 Å². The summed E-state index contributed by atoms with van der Waals surface area (Å²) in [7, 11) is 0. The molecule has 0 amide bonds. The zero-order chi connectivity index (χ0) is 4.00. The van der Waals surface area contributed by atoms with Crippen LogP contribution in [0.25, 0.3) is 0 Å². The molecule has 0 radical (unpaired) electrons. The lowest BCUT2D eigenvalue weighted by Crippen LogP contribution is -0.925. The van der Waals surface area contributed by atoms with Crippen LogP contribution in [0.5, 0.6) is 0 Å². The summed E-state index contributed by atoms with van der Waals surface area (Å²) in [6.07, 6.45) is 0. The average molecular weight is 133 g/mol. The van der Waals surface area contributed by atoms with E-state index in [-0.39, 0.29) is 24.8 Å². The van der Waals surface area contributed by atoms with Crippen LogP contribution in [0.4, 0.5) is 0 Å². The maximum absolute atomic E-state index is 8.00. The largest absolute Gasteiger partial charge is 0.307 e. The fourth-order valence-corrected chi connectivity index (χ4v) is 0. The van der Waals surface area contributed by atoms with E-state index in [4.69, 9.17) is 9.59 Å². The summed E-state index contributed by atoms with van der Waals surface area (Å²) in [5, 5.41) is 0. The molecule has 0 spiro atoms. The SMILES string of the molecule is C=O.C=O.Cl.Cl. The lowest BCUT2D eigenvalue weighted by Gasteiger charge is -0.837. The van der Waals surface area contributed by atoms with Gasteiger partial charge in [-0.2, -0.15) is 0 Å². The molecule has 0 heterocycles. The first-order valence-electron chi connectivity index (χ1n) is 0.577. The van der Waals surface area contributed by atoms with Crippen molar-refractivity contribution in [2.24, 2.45) is 0 Å². The van der Waals surface area contributed by atoms with Crippen LogP contribution in [-0.2, 0) is 9.59 Å². The Morgan fingerprint density at radius 2 is 0.667 bits per heavy atom. The average Bonchev–Trinajstić information content (AvgIpc) is 1.50. The lowest BCUT2D eigenvalue weighted by molar-refractivity contribution is -0.0987. The number of hydrogen-bond donors (Lipinski definition) is 0. The van der Waals surface area contributed by atoms with E-state index in [2.05, 4.69) is 0 Å². The summed E-state index contributed by atoms with van der Waals surface area (Å²) in [4.78, 5) is 16.0. The second-order valence-corrected chi connectivity index (χ2v) is 0. The highest BCUT2D eigenvalue weighted by Gasteiger charge is 0.638. The molecule has 0 atom stereocenters. The van der Waals surface area contributed by atoms with Crippen molar-refractivity contribution in [1.29, 1.82) is 0 Å². The minimum Gasteiger partial charge on any atom is -0.307 e. The first kappa shape index (κ1) is 38.9. The van der Waals surface area contributed by atoms with Gasteiger partial charge in [-0.15, -0.1) is 24.8 Å². The van der Waals surface area contributed by atoms with Crippen molar-refractivity contribution in [3.63, 3.8) is 0 Å². The number of rotatable bonds is 0. The fourth-order valence-electron chi connectivity index (χ4n) is 0. The van der Waals surface area contributed by atoms with Gasteiger partial charge in [0.1, 0.15) is 13.6 Å². The van der Waals surface area contributed by atoms with Gasteiger partial charge in [0, 0.05) is 0 Å². The number of hydrogen-bond acceptors (Lipinski definition) is 2. The van der Waals surface area contributed by atoms with Crippen LogP contribution in [0.3, 0.4) is 0 Å². The smallest absolute Gasteiger partial charge is 0.106 e. The highest BCUT2D eigenvalue weighted by atomic mass is 35.5. The Morgan fingerprint density at radius 3 is 0.667 bits per heavy atom. The Morgan fingerprint density at radius 1 is 0.667 bits per heavy atom. The molecule has 0 aromatic carbocycles. The first-order valence-corrected chi connectivity index (χ1v) is 0.577. The van der Waals surface area contributed by atoms with Crippen LogP contribution in [0, 0.1) is 0 Å². The van der Waals surface area contributed by atoms with Crippen molar-refractivity contribution in [1.82, 2.24) is 0 Å². The van der Waals surface area contributed by atoms with Gasteiger partial charge in [0.15, 0.2) is 0 Å². The predicted molar refractivity (Wildman–Crippen MR) is 28.7 cm³/mol. The fraction of sp³-hybridized carbons (Fsp3) is 0. The Labute approximate surface area is 48.7 Å². The van der Waals surface area contributed by atoms with Gasteiger partial charge in [-0.3, -0.25) is 0 Å². The zero-order valence-corrected chi connectivity index (χ0v) is 4.68. The summed E-state index contributed by atoms with van der Waals surface area (Å²) in [5.41, 5.74) is 0. The van der Waals surface area contributed by atoms with Crippen LogP contribution in [0.15, 0.2) is 0 Å². The highest BCUT2D eigenvalue weighted by molar-refractivity contribution is 5.85. The lowest BCUT2D eigenvalue weighted by atomic mass is 11.9. The molecule has 0 aliphatic heterocycles. The van der Waals surface area contributed by atoms with Crippen molar-refractivity contribution in [2.45, 2.75) is 0 Å². The Hall–Kier alpha value is -0.0800. The third-order valence-corrected chi connectivity index (χ3v) is 0. The van der Waals surface area contributed by atoms with Crippen molar-refractivity contribution in [2.75, 3.05) is 0 Å². The van der Waals surface area contributed by atoms with Gasteiger partial charge in [0.25, 0.3) is 0 Å². The van der Waals surface area contributed by atoms with Crippen LogP contribution in [0.1, 0.15) is 0 Å². The van der Waals surface area contributed by atoms with E-state index in [0.717, 1.165) is 0 Å². The monoisotopic (exact) mass is 132 g/mol. The summed E-state index contributed by atoms with van der Waals surface area (Å²) in [6.45, 7) is 4.00. The van der Waals surface area contributed by atoms with Gasteiger partial charge in [-0.05, 0) is 0 Å². The molecule has 0 saturated heterocycles. The molecule has 0 bridgehead atoms. The van der Waals surface area contributed by atoms with Gasteiger partial charge in [0.2, 0.25) is 0 Å². The molecular formula is C2H6Cl2O2. The minimum atomic E-state index is 0. The van der Waals surface area contributed by atoms with E-state index in [1.165, 1.54) is 0 Å². The van der Waals surface area contributed by atoms with Gasteiger partial charge < -0.3 is 9.59 Å². The molecule has 0 aromatic heterocycles. The van der Waals surface area contributed by atoms with Gasteiger partial charge in [0.05, 0.1) is 0 Å². The van der Waals surface area contributed by atoms with Crippen LogP contribution in [0.2, 0.25) is 0 Å². The maximum atomic E-state index is 8.00. The molecule has 6 heavy (non-hydrogen) atoms. The molecule has 0 N–H and O–H groups in total. The molecular weight excluding hydrogens is 127 g/mol.